The summed E-state index contributed by atoms with van der Waals surface area (Å²) in [6.45, 7) is 0.821. The van der Waals surface area contributed by atoms with Crippen LogP contribution in [0, 0.1) is 5.92 Å². The first-order valence-corrected chi connectivity index (χ1v) is 10.7. The minimum absolute atomic E-state index is 0.132. The highest BCUT2D eigenvalue weighted by atomic mass is 32.2. The van der Waals surface area contributed by atoms with Crippen LogP contribution >= 0.6 is 0 Å². The predicted octanol–water partition coefficient (Wildman–Crippen LogP) is 2.60. The Kier molecular flexibility index (Phi) is 5.29. The average Bonchev–Trinajstić information content (AvgIpc) is 3.32. The van der Waals surface area contributed by atoms with Gasteiger partial charge in [0.2, 0.25) is 0 Å². The lowest BCUT2D eigenvalue weighted by molar-refractivity contribution is 0.253. The Labute approximate surface area is 164 Å². The molecule has 1 aromatic carbocycles. The van der Waals surface area contributed by atoms with Gasteiger partial charge in [0.1, 0.15) is 17.8 Å². The third-order valence-corrected chi connectivity index (χ3v) is 5.65. The molecule has 148 valence electrons. The van der Waals surface area contributed by atoms with Crippen molar-refractivity contribution in [1.82, 2.24) is 14.5 Å². The monoisotopic (exact) mass is 401 g/mol. The van der Waals surface area contributed by atoms with Crippen LogP contribution in [0.15, 0.2) is 48.9 Å². The topological polar surface area (TPSA) is 112 Å². The van der Waals surface area contributed by atoms with Crippen molar-refractivity contribution in [1.29, 1.82) is 0 Å². The second-order valence-corrected chi connectivity index (χ2v) is 8.35. The van der Waals surface area contributed by atoms with Gasteiger partial charge in [-0.1, -0.05) is 30.3 Å². The van der Waals surface area contributed by atoms with Gasteiger partial charge in [-0.15, -0.1) is 0 Å². The maximum absolute atomic E-state index is 11.0. The van der Waals surface area contributed by atoms with Crippen molar-refractivity contribution in [3.05, 3.63) is 54.5 Å². The van der Waals surface area contributed by atoms with Gasteiger partial charge in [-0.2, -0.15) is 8.42 Å². The van der Waals surface area contributed by atoms with Gasteiger partial charge in [-0.3, -0.25) is 4.18 Å². The maximum Gasteiger partial charge on any atom is 0.333 e. The van der Waals surface area contributed by atoms with E-state index in [1.807, 2.05) is 30.5 Å². The molecule has 0 radical (unpaired) electrons. The summed E-state index contributed by atoms with van der Waals surface area (Å²) in [5.41, 5.74) is 2.06. The largest absolute Gasteiger partial charge is 0.365 e. The lowest BCUT2D eigenvalue weighted by Crippen LogP contribution is -2.19. The molecule has 9 heteroatoms. The van der Waals surface area contributed by atoms with Crippen molar-refractivity contribution in [2.24, 2.45) is 11.1 Å². The van der Waals surface area contributed by atoms with Crippen LogP contribution in [0.1, 0.15) is 30.9 Å². The zero-order chi connectivity index (χ0) is 19.6. The van der Waals surface area contributed by atoms with Crippen LogP contribution in [0.3, 0.4) is 0 Å². The number of hydrogen-bond donors (Lipinski definition) is 2. The molecule has 0 aliphatic heterocycles. The molecule has 0 unspecified atom stereocenters. The molecule has 0 saturated heterocycles. The summed E-state index contributed by atoms with van der Waals surface area (Å²) in [4.78, 5) is 8.87. The van der Waals surface area contributed by atoms with Gasteiger partial charge < -0.3 is 9.88 Å². The standard InChI is InChI=1S/C19H23N5O3S/c20-28(25,26)27-12-15-6-7-16(10-15)24-9-8-17-18(22-13-23-19(17)24)21-11-14-4-2-1-3-5-14/h1-5,8-9,13,15-16H,6-7,10-12H2,(H2,20,25,26)(H,21,22,23)/t15-,16-/m0/s1. The van der Waals surface area contributed by atoms with Gasteiger partial charge in [0.05, 0.1) is 12.0 Å². The molecule has 0 bridgehead atoms. The van der Waals surface area contributed by atoms with Crippen LogP contribution < -0.4 is 10.5 Å². The number of rotatable bonds is 7. The first-order chi connectivity index (χ1) is 13.5. The fourth-order valence-corrected chi connectivity index (χ4v) is 4.21. The third-order valence-electron chi connectivity index (χ3n) is 5.19. The van der Waals surface area contributed by atoms with Crippen molar-refractivity contribution >= 4 is 27.2 Å². The molecule has 3 aromatic rings. The van der Waals surface area contributed by atoms with Gasteiger partial charge in [0.25, 0.3) is 0 Å². The molecule has 28 heavy (non-hydrogen) atoms. The van der Waals surface area contributed by atoms with E-state index in [-0.39, 0.29) is 18.6 Å². The second-order valence-electron chi connectivity index (χ2n) is 7.13. The summed E-state index contributed by atoms with van der Waals surface area (Å²) in [5, 5.41) is 9.29. The van der Waals surface area contributed by atoms with Crippen LogP contribution in [0.4, 0.5) is 5.82 Å². The Morgan fingerprint density at radius 3 is 2.79 bits per heavy atom. The molecule has 3 N–H and O–H groups in total. The second kappa shape index (κ2) is 7.86. The van der Waals surface area contributed by atoms with E-state index in [2.05, 4.69) is 32.0 Å². The van der Waals surface area contributed by atoms with E-state index in [0.29, 0.717) is 6.54 Å². The summed E-state index contributed by atoms with van der Waals surface area (Å²) in [6.07, 6.45) is 6.27. The van der Waals surface area contributed by atoms with Gasteiger partial charge in [0.15, 0.2) is 0 Å². The number of nitrogens with two attached hydrogens (primary N) is 1. The molecule has 0 amide bonds. The normalized spacial score (nSPS) is 19.9. The third kappa shape index (κ3) is 4.32. The molecule has 2 atom stereocenters. The van der Waals surface area contributed by atoms with E-state index in [9.17, 15) is 8.42 Å². The van der Waals surface area contributed by atoms with Crippen LogP contribution in [-0.2, 0) is 21.0 Å². The highest BCUT2D eigenvalue weighted by molar-refractivity contribution is 7.84. The van der Waals surface area contributed by atoms with Crippen molar-refractivity contribution in [2.75, 3.05) is 11.9 Å². The summed E-state index contributed by atoms with van der Waals surface area (Å²) >= 11 is 0. The highest BCUT2D eigenvalue weighted by Crippen LogP contribution is 2.37. The number of fused-ring (bicyclic) bond motifs is 1. The molecular formula is C19H23N5O3S. The first kappa shape index (κ1) is 18.9. The molecule has 8 nitrogen and oxygen atoms in total. The lowest BCUT2D eigenvalue weighted by atomic mass is 10.1. The molecule has 2 heterocycles. The SMILES string of the molecule is NS(=O)(=O)OC[C@H]1CC[C@H](n2ccc3c(NCc4ccccc4)ncnc32)C1. The number of benzene rings is 1. The van der Waals surface area contributed by atoms with Crippen molar-refractivity contribution in [2.45, 2.75) is 31.8 Å². The minimum atomic E-state index is -3.89. The number of anilines is 1. The summed E-state index contributed by atoms with van der Waals surface area (Å²) < 4.78 is 28.9. The maximum atomic E-state index is 11.0. The highest BCUT2D eigenvalue weighted by Gasteiger charge is 2.28. The van der Waals surface area contributed by atoms with E-state index in [1.165, 1.54) is 5.56 Å². The Balaban J connectivity index is 1.47. The molecule has 1 fully saturated rings. The zero-order valence-corrected chi connectivity index (χ0v) is 16.2. The Morgan fingerprint density at radius 2 is 2.00 bits per heavy atom. The molecule has 2 aromatic heterocycles. The molecule has 1 aliphatic carbocycles. The van der Waals surface area contributed by atoms with Gasteiger partial charge in [0, 0.05) is 18.8 Å². The Hall–Kier alpha value is -2.49. The van der Waals surface area contributed by atoms with E-state index < -0.39 is 10.3 Å². The fourth-order valence-electron chi connectivity index (χ4n) is 3.83. The zero-order valence-electron chi connectivity index (χ0n) is 15.4. The molecular weight excluding hydrogens is 378 g/mol. The summed E-state index contributed by atoms with van der Waals surface area (Å²) in [7, 11) is -3.89. The van der Waals surface area contributed by atoms with E-state index in [4.69, 9.17) is 9.32 Å². The number of aromatic nitrogens is 3. The minimum Gasteiger partial charge on any atom is -0.365 e. The number of hydrogen-bond acceptors (Lipinski definition) is 6. The average molecular weight is 401 g/mol. The van der Waals surface area contributed by atoms with Crippen LogP contribution in [0.5, 0.6) is 0 Å². The van der Waals surface area contributed by atoms with Crippen LogP contribution in [0.2, 0.25) is 0 Å². The number of nitrogens with zero attached hydrogens (tertiary/aromatic N) is 3. The molecule has 4 rings (SSSR count). The van der Waals surface area contributed by atoms with Crippen molar-refractivity contribution in [3.63, 3.8) is 0 Å². The molecule has 1 aliphatic rings. The Bertz CT molecular complexity index is 1050. The van der Waals surface area contributed by atoms with Crippen molar-refractivity contribution in [3.8, 4) is 0 Å². The quantitative estimate of drug-likeness (QED) is 0.629. The van der Waals surface area contributed by atoms with E-state index in [0.717, 1.165) is 36.1 Å². The van der Waals surface area contributed by atoms with Gasteiger partial charge in [-0.05, 0) is 36.8 Å². The van der Waals surface area contributed by atoms with Gasteiger partial charge >= 0.3 is 10.3 Å². The van der Waals surface area contributed by atoms with Crippen LogP contribution in [0.25, 0.3) is 11.0 Å². The predicted molar refractivity (Wildman–Crippen MR) is 107 cm³/mol. The first-order valence-electron chi connectivity index (χ1n) is 9.26. The van der Waals surface area contributed by atoms with Crippen molar-refractivity contribution < 1.29 is 12.6 Å². The molecule has 0 spiro atoms. The summed E-state index contributed by atoms with van der Waals surface area (Å²) in [5.74, 6) is 0.970. The van der Waals surface area contributed by atoms with E-state index >= 15 is 0 Å². The van der Waals surface area contributed by atoms with Crippen LogP contribution in [-0.4, -0.2) is 29.6 Å². The fraction of sp³-hybridized carbons (Fsp3) is 0.368. The van der Waals surface area contributed by atoms with E-state index in [1.54, 1.807) is 6.33 Å². The summed E-state index contributed by atoms with van der Waals surface area (Å²) in [6, 6.07) is 12.4. The smallest absolute Gasteiger partial charge is 0.333 e. The lowest BCUT2D eigenvalue weighted by Gasteiger charge is -2.14. The van der Waals surface area contributed by atoms with Gasteiger partial charge in [-0.25, -0.2) is 15.1 Å². The Morgan fingerprint density at radius 1 is 1.18 bits per heavy atom. The molecule has 1 saturated carbocycles. The number of nitrogens with one attached hydrogen (secondary N) is 1.